The average molecular weight is 437 g/mol. The van der Waals surface area contributed by atoms with Gasteiger partial charge in [-0.2, -0.15) is 0 Å². The van der Waals surface area contributed by atoms with E-state index in [4.69, 9.17) is 0 Å². The summed E-state index contributed by atoms with van der Waals surface area (Å²) in [5.41, 5.74) is 3.96. The number of likely N-dealkylation sites (tertiary alicyclic amines) is 1. The highest BCUT2D eigenvalue weighted by Crippen LogP contribution is 2.44. The van der Waals surface area contributed by atoms with Crippen LogP contribution in [-0.4, -0.2) is 51.9 Å². The van der Waals surface area contributed by atoms with Crippen LogP contribution in [0.25, 0.3) is 0 Å². The molecule has 1 spiro atoms. The molecular formula is C26H32N2O2S. The second-order valence-electron chi connectivity index (χ2n) is 9.74. The lowest BCUT2D eigenvalue weighted by atomic mass is 9.86. The Labute approximate surface area is 190 Å². The summed E-state index contributed by atoms with van der Waals surface area (Å²) in [4.78, 5) is 30.1. The molecule has 2 saturated heterocycles. The largest absolute Gasteiger partial charge is 0.338 e. The molecule has 2 heterocycles. The summed E-state index contributed by atoms with van der Waals surface area (Å²) in [7, 11) is 0. The first-order valence-electron chi connectivity index (χ1n) is 11.1. The standard InChI is InChI=1S/C26H32N2O2S/c1-19-5-7-21(8-6-19)24(30)28-17-18-31-26(28)13-15-27(16-14-26)23(29)20-9-11-22(12-10-20)25(2,3)4/h5-12H,13-18H2,1-4H3. The van der Waals surface area contributed by atoms with Crippen molar-refractivity contribution < 1.29 is 9.59 Å². The lowest BCUT2D eigenvalue weighted by Crippen LogP contribution is -2.53. The predicted octanol–water partition coefficient (Wildman–Crippen LogP) is 5.11. The maximum Gasteiger partial charge on any atom is 0.254 e. The second kappa shape index (κ2) is 8.34. The fourth-order valence-electron chi connectivity index (χ4n) is 4.52. The van der Waals surface area contributed by atoms with Crippen molar-refractivity contribution in [3.05, 3.63) is 70.8 Å². The fourth-order valence-corrected chi connectivity index (χ4v) is 5.97. The molecular weight excluding hydrogens is 404 g/mol. The number of piperidine rings is 1. The number of hydrogen-bond acceptors (Lipinski definition) is 3. The third-order valence-corrected chi connectivity index (χ3v) is 8.10. The molecule has 0 bridgehead atoms. The normalized spacial score (nSPS) is 18.5. The minimum atomic E-state index is -0.186. The van der Waals surface area contributed by atoms with Gasteiger partial charge in [0.15, 0.2) is 0 Å². The van der Waals surface area contributed by atoms with E-state index in [1.165, 1.54) is 5.56 Å². The van der Waals surface area contributed by atoms with Gasteiger partial charge in [0.1, 0.15) is 0 Å². The maximum absolute atomic E-state index is 13.2. The number of hydrogen-bond donors (Lipinski definition) is 0. The minimum absolute atomic E-state index is 0.0756. The van der Waals surface area contributed by atoms with Crippen LogP contribution in [0.1, 0.15) is 65.5 Å². The molecule has 4 nitrogen and oxygen atoms in total. The fraction of sp³-hybridized carbons (Fsp3) is 0.462. The van der Waals surface area contributed by atoms with Crippen LogP contribution in [0.2, 0.25) is 0 Å². The first-order chi connectivity index (χ1) is 14.7. The van der Waals surface area contributed by atoms with Crippen LogP contribution in [0.5, 0.6) is 0 Å². The van der Waals surface area contributed by atoms with E-state index in [0.29, 0.717) is 13.1 Å². The Morgan fingerprint density at radius 1 is 0.839 bits per heavy atom. The van der Waals surface area contributed by atoms with E-state index in [0.717, 1.165) is 41.8 Å². The van der Waals surface area contributed by atoms with E-state index < -0.39 is 0 Å². The van der Waals surface area contributed by atoms with Crippen molar-refractivity contribution in [2.75, 3.05) is 25.4 Å². The number of aryl methyl sites for hydroxylation is 1. The van der Waals surface area contributed by atoms with E-state index in [2.05, 4.69) is 37.8 Å². The van der Waals surface area contributed by atoms with Gasteiger partial charge in [-0.3, -0.25) is 9.59 Å². The SMILES string of the molecule is Cc1ccc(C(=O)N2CCSC23CCN(C(=O)c2ccc(C(C)(C)C)cc2)CC3)cc1. The molecule has 2 amide bonds. The lowest BCUT2D eigenvalue weighted by Gasteiger charge is -2.44. The molecule has 0 N–H and O–H groups in total. The predicted molar refractivity (Wildman–Crippen MR) is 128 cm³/mol. The average Bonchev–Trinajstić information content (AvgIpc) is 3.16. The zero-order chi connectivity index (χ0) is 22.2. The Hall–Kier alpha value is -2.27. The van der Waals surface area contributed by atoms with E-state index in [1.54, 1.807) is 0 Å². The first kappa shape index (κ1) is 21.9. The molecule has 2 aliphatic heterocycles. The van der Waals surface area contributed by atoms with Crippen molar-refractivity contribution in [3.63, 3.8) is 0 Å². The zero-order valence-electron chi connectivity index (χ0n) is 19.0. The highest BCUT2D eigenvalue weighted by molar-refractivity contribution is 8.00. The molecule has 0 aliphatic carbocycles. The summed E-state index contributed by atoms with van der Waals surface area (Å²) in [6, 6.07) is 15.9. The van der Waals surface area contributed by atoms with Gasteiger partial charge >= 0.3 is 0 Å². The molecule has 2 aromatic carbocycles. The van der Waals surface area contributed by atoms with Crippen LogP contribution in [-0.2, 0) is 5.41 Å². The van der Waals surface area contributed by atoms with E-state index >= 15 is 0 Å². The quantitative estimate of drug-likeness (QED) is 0.656. The third-order valence-electron chi connectivity index (χ3n) is 6.55. The number of rotatable bonds is 2. The van der Waals surface area contributed by atoms with Crippen LogP contribution in [0.4, 0.5) is 0 Å². The molecule has 0 radical (unpaired) electrons. The number of thioether (sulfide) groups is 1. The van der Waals surface area contributed by atoms with Crippen LogP contribution in [0.3, 0.4) is 0 Å². The van der Waals surface area contributed by atoms with Crippen molar-refractivity contribution in [2.24, 2.45) is 0 Å². The smallest absolute Gasteiger partial charge is 0.254 e. The summed E-state index contributed by atoms with van der Waals surface area (Å²) in [5.74, 6) is 1.16. The molecule has 4 rings (SSSR count). The van der Waals surface area contributed by atoms with Gasteiger partial charge in [0.2, 0.25) is 0 Å². The maximum atomic E-state index is 13.2. The molecule has 0 saturated carbocycles. The Morgan fingerprint density at radius 2 is 1.39 bits per heavy atom. The summed E-state index contributed by atoms with van der Waals surface area (Å²) in [6.07, 6.45) is 1.64. The summed E-state index contributed by atoms with van der Waals surface area (Å²) in [5, 5.41) is 0. The van der Waals surface area contributed by atoms with Crippen LogP contribution in [0.15, 0.2) is 48.5 Å². The highest BCUT2D eigenvalue weighted by atomic mass is 32.2. The molecule has 164 valence electrons. The first-order valence-corrected chi connectivity index (χ1v) is 12.1. The Morgan fingerprint density at radius 3 is 1.97 bits per heavy atom. The molecule has 5 heteroatoms. The van der Waals surface area contributed by atoms with Gasteiger partial charge in [-0.25, -0.2) is 0 Å². The molecule has 0 aromatic heterocycles. The zero-order valence-corrected chi connectivity index (χ0v) is 19.8. The molecule has 2 aromatic rings. The number of benzene rings is 2. The number of carbonyl (C=O) groups excluding carboxylic acids is 2. The molecule has 0 atom stereocenters. The molecule has 0 unspecified atom stereocenters. The summed E-state index contributed by atoms with van der Waals surface area (Å²) in [6.45, 7) is 10.7. The van der Waals surface area contributed by atoms with E-state index in [1.807, 2.05) is 60.0 Å². The molecule has 2 aliphatic rings. The van der Waals surface area contributed by atoms with Crippen LogP contribution in [0, 0.1) is 6.92 Å². The Bertz CT molecular complexity index is 952. The second-order valence-corrected chi connectivity index (χ2v) is 11.2. The van der Waals surface area contributed by atoms with Gasteiger partial charge in [-0.05, 0) is 55.0 Å². The van der Waals surface area contributed by atoms with Crippen LogP contribution < -0.4 is 0 Å². The highest BCUT2D eigenvalue weighted by Gasteiger charge is 2.47. The van der Waals surface area contributed by atoms with Gasteiger partial charge in [0.25, 0.3) is 11.8 Å². The van der Waals surface area contributed by atoms with Gasteiger partial charge in [0.05, 0.1) is 4.87 Å². The van der Waals surface area contributed by atoms with E-state index in [9.17, 15) is 9.59 Å². The van der Waals surface area contributed by atoms with Crippen molar-refractivity contribution in [1.29, 1.82) is 0 Å². The Kier molecular flexibility index (Phi) is 5.91. The topological polar surface area (TPSA) is 40.6 Å². The summed E-state index contributed by atoms with van der Waals surface area (Å²) >= 11 is 1.88. The van der Waals surface area contributed by atoms with Gasteiger partial charge in [-0.15, -0.1) is 11.8 Å². The third kappa shape index (κ3) is 4.38. The number of nitrogens with zero attached hydrogens (tertiary/aromatic N) is 2. The monoisotopic (exact) mass is 436 g/mol. The Balaban J connectivity index is 1.44. The summed E-state index contributed by atoms with van der Waals surface area (Å²) < 4.78 is 0. The van der Waals surface area contributed by atoms with Gasteiger partial charge in [-0.1, -0.05) is 50.6 Å². The van der Waals surface area contributed by atoms with Crippen LogP contribution >= 0.6 is 11.8 Å². The van der Waals surface area contributed by atoms with Gasteiger partial charge < -0.3 is 9.80 Å². The van der Waals surface area contributed by atoms with Gasteiger partial charge in [0, 0.05) is 36.5 Å². The van der Waals surface area contributed by atoms with Crippen molar-refractivity contribution in [1.82, 2.24) is 9.80 Å². The molecule has 2 fully saturated rings. The van der Waals surface area contributed by atoms with Crippen molar-refractivity contribution >= 4 is 23.6 Å². The molecule has 31 heavy (non-hydrogen) atoms. The minimum Gasteiger partial charge on any atom is -0.338 e. The number of carbonyl (C=O) groups is 2. The van der Waals surface area contributed by atoms with Crippen molar-refractivity contribution in [3.8, 4) is 0 Å². The number of amides is 2. The lowest BCUT2D eigenvalue weighted by molar-refractivity contribution is 0.0498. The van der Waals surface area contributed by atoms with Crippen molar-refractivity contribution in [2.45, 2.75) is 50.8 Å². The van der Waals surface area contributed by atoms with E-state index in [-0.39, 0.29) is 22.1 Å².